The summed E-state index contributed by atoms with van der Waals surface area (Å²) in [6.45, 7) is 12.4. The number of carbonyl (C=O) groups excluding carboxylic acids is 2. The minimum absolute atomic E-state index is 0.0711. The smallest absolute Gasteiger partial charge is 0.251 e. The van der Waals surface area contributed by atoms with E-state index < -0.39 is 0 Å². The topological polar surface area (TPSA) is 67.2 Å². The van der Waals surface area contributed by atoms with E-state index in [9.17, 15) is 9.59 Å². The first-order chi connectivity index (χ1) is 15.2. The molecule has 0 aliphatic heterocycles. The quantitative estimate of drug-likeness (QED) is 0.542. The van der Waals surface area contributed by atoms with Crippen molar-refractivity contribution < 1.29 is 9.59 Å². The van der Waals surface area contributed by atoms with E-state index in [-0.39, 0.29) is 24.9 Å². The SMILES string of the molecule is Cc1cccc(C(=O)NCc2nc3ccccc3n2CC(=O)N(CC(C)C)CC(C)C)c1. The lowest BCUT2D eigenvalue weighted by atomic mass is 10.1. The lowest BCUT2D eigenvalue weighted by Gasteiger charge is -2.27. The van der Waals surface area contributed by atoms with Crippen molar-refractivity contribution in [3.05, 3.63) is 65.5 Å². The molecule has 1 N–H and O–H groups in total. The van der Waals surface area contributed by atoms with Gasteiger partial charge in [-0.1, -0.05) is 57.5 Å². The van der Waals surface area contributed by atoms with E-state index in [4.69, 9.17) is 4.98 Å². The summed E-state index contributed by atoms with van der Waals surface area (Å²) in [5.74, 6) is 1.38. The van der Waals surface area contributed by atoms with Crippen LogP contribution in [0, 0.1) is 18.8 Å². The molecular weight excluding hydrogens is 400 g/mol. The summed E-state index contributed by atoms with van der Waals surface area (Å²) in [6, 6.07) is 15.3. The summed E-state index contributed by atoms with van der Waals surface area (Å²) in [4.78, 5) is 32.6. The second-order valence-corrected chi connectivity index (χ2v) is 9.24. The number of nitrogens with zero attached hydrogens (tertiary/aromatic N) is 3. The number of imidazole rings is 1. The number of carbonyl (C=O) groups is 2. The van der Waals surface area contributed by atoms with Crippen molar-refractivity contribution in [2.75, 3.05) is 13.1 Å². The first-order valence-corrected chi connectivity index (χ1v) is 11.3. The lowest BCUT2D eigenvalue weighted by molar-refractivity contribution is -0.132. The van der Waals surface area contributed by atoms with Crippen LogP contribution >= 0.6 is 0 Å². The van der Waals surface area contributed by atoms with Crippen LogP contribution in [0.1, 0.15) is 49.4 Å². The first kappa shape index (κ1) is 23.5. The predicted octanol–water partition coefficient (Wildman–Crippen LogP) is 4.42. The molecule has 0 atom stereocenters. The van der Waals surface area contributed by atoms with E-state index in [1.165, 1.54) is 0 Å². The van der Waals surface area contributed by atoms with Gasteiger partial charge in [-0.05, 0) is 43.0 Å². The number of amides is 2. The van der Waals surface area contributed by atoms with Crippen molar-refractivity contribution in [2.24, 2.45) is 11.8 Å². The molecule has 0 radical (unpaired) electrons. The third-order valence-electron chi connectivity index (χ3n) is 5.24. The van der Waals surface area contributed by atoms with Crippen LogP contribution in [0.15, 0.2) is 48.5 Å². The van der Waals surface area contributed by atoms with E-state index in [1.54, 1.807) is 6.07 Å². The number of rotatable bonds is 9. The van der Waals surface area contributed by atoms with Crippen LogP contribution in [0.3, 0.4) is 0 Å². The molecule has 0 fully saturated rings. The monoisotopic (exact) mass is 434 g/mol. The van der Waals surface area contributed by atoms with Gasteiger partial charge in [0.2, 0.25) is 5.91 Å². The molecule has 0 saturated carbocycles. The highest BCUT2D eigenvalue weighted by atomic mass is 16.2. The standard InChI is InChI=1S/C26H34N4O2/c1-18(2)15-29(16-19(3)4)25(31)17-30-23-12-7-6-11-22(23)28-24(30)14-27-26(32)21-10-8-9-20(5)13-21/h6-13,18-19H,14-17H2,1-5H3,(H,27,32). The third kappa shape index (κ3) is 5.96. The van der Waals surface area contributed by atoms with Gasteiger partial charge in [-0.15, -0.1) is 0 Å². The van der Waals surface area contributed by atoms with Crippen molar-refractivity contribution in [3.8, 4) is 0 Å². The third-order valence-corrected chi connectivity index (χ3v) is 5.24. The molecule has 32 heavy (non-hydrogen) atoms. The van der Waals surface area contributed by atoms with Gasteiger partial charge >= 0.3 is 0 Å². The average Bonchev–Trinajstić information content (AvgIpc) is 3.08. The van der Waals surface area contributed by atoms with E-state index in [2.05, 4.69) is 33.0 Å². The molecule has 3 rings (SSSR count). The molecular formula is C26H34N4O2. The summed E-state index contributed by atoms with van der Waals surface area (Å²) in [6.07, 6.45) is 0. The van der Waals surface area contributed by atoms with Gasteiger partial charge < -0.3 is 14.8 Å². The molecule has 0 spiro atoms. The Bertz CT molecular complexity index is 1070. The van der Waals surface area contributed by atoms with Crippen molar-refractivity contribution in [3.63, 3.8) is 0 Å². The Kier molecular flexibility index (Phi) is 7.67. The fourth-order valence-electron chi connectivity index (χ4n) is 3.88. The second-order valence-electron chi connectivity index (χ2n) is 9.24. The average molecular weight is 435 g/mol. The van der Waals surface area contributed by atoms with Gasteiger partial charge in [-0.25, -0.2) is 4.98 Å². The Morgan fingerprint density at radius 2 is 1.69 bits per heavy atom. The molecule has 2 aromatic carbocycles. The Labute approximate surface area is 190 Å². The summed E-state index contributed by atoms with van der Waals surface area (Å²) in [5, 5.41) is 2.96. The fraction of sp³-hybridized carbons (Fsp3) is 0.423. The molecule has 3 aromatic rings. The van der Waals surface area contributed by atoms with Crippen molar-refractivity contribution in [2.45, 2.75) is 47.7 Å². The first-order valence-electron chi connectivity index (χ1n) is 11.3. The number of fused-ring (bicyclic) bond motifs is 1. The highest BCUT2D eigenvalue weighted by molar-refractivity contribution is 5.94. The molecule has 170 valence electrons. The molecule has 0 saturated heterocycles. The number of hydrogen-bond donors (Lipinski definition) is 1. The number of para-hydroxylation sites is 2. The molecule has 6 heteroatoms. The highest BCUT2D eigenvalue weighted by Crippen LogP contribution is 2.17. The van der Waals surface area contributed by atoms with Crippen LogP contribution in [0.2, 0.25) is 0 Å². The normalized spacial score (nSPS) is 11.3. The number of aromatic nitrogens is 2. The minimum Gasteiger partial charge on any atom is -0.345 e. The summed E-state index contributed by atoms with van der Waals surface area (Å²) in [7, 11) is 0. The fourth-order valence-corrected chi connectivity index (χ4v) is 3.88. The highest BCUT2D eigenvalue weighted by Gasteiger charge is 2.20. The minimum atomic E-state index is -0.153. The van der Waals surface area contributed by atoms with Gasteiger partial charge in [0.1, 0.15) is 12.4 Å². The maximum Gasteiger partial charge on any atom is 0.251 e. The van der Waals surface area contributed by atoms with E-state index in [0.717, 1.165) is 29.7 Å². The number of nitrogens with one attached hydrogen (secondary N) is 1. The van der Waals surface area contributed by atoms with Crippen LogP contribution < -0.4 is 5.32 Å². The molecule has 0 aliphatic rings. The predicted molar refractivity (Wildman–Crippen MR) is 128 cm³/mol. The maximum atomic E-state index is 13.3. The van der Waals surface area contributed by atoms with Gasteiger partial charge in [0, 0.05) is 18.7 Å². The largest absolute Gasteiger partial charge is 0.345 e. The summed E-state index contributed by atoms with van der Waals surface area (Å²) in [5.41, 5.74) is 3.36. The van der Waals surface area contributed by atoms with Gasteiger partial charge in [0.15, 0.2) is 0 Å². The Morgan fingerprint density at radius 1 is 1.00 bits per heavy atom. The van der Waals surface area contributed by atoms with Crippen molar-refractivity contribution in [1.82, 2.24) is 19.8 Å². The zero-order chi connectivity index (χ0) is 23.3. The maximum absolute atomic E-state index is 13.3. The van der Waals surface area contributed by atoms with Crippen molar-refractivity contribution in [1.29, 1.82) is 0 Å². The van der Waals surface area contributed by atoms with Gasteiger partial charge in [0.25, 0.3) is 5.91 Å². The number of benzene rings is 2. The molecule has 1 aromatic heterocycles. The number of aryl methyl sites for hydroxylation is 1. The molecule has 2 amide bonds. The van der Waals surface area contributed by atoms with Gasteiger partial charge in [-0.3, -0.25) is 9.59 Å². The molecule has 0 unspecified atom stereocenters. The summed E-state index contributed by atoms with van der Waals surface area (Å²) >= 11 is 0. The Hall–Kier alpha value is -3.15. The molecule has 6 nitrogen and oxygen atoms in total. The van der Waals surface area contributed by atoms with Crippen LogP contribution in [0.5, 0.6) is 0 Å². The molecule has 0 bridgehead atoms. The lowest BCUT2D eigenvalue weighted by Crippen LogP contribution is -2.39. The van der Waals surface area contributed by atoms with E-state index >= 15 is 0 Å². The van der Waals surface area contributed by atoms with Gasteiger partial charge in [0.05, 0.1) is 17.6 Å². The Morgan fingerprint density at radius 3 is 2.34 bits per heavy atom. The zero-order valence-electron chi connectivity index (χ0n) is 19.8. The van der Waals surface area contributed by atoms with E-state index in [1.807, 2.05) is 58.9 Å². The van der Waals surface area contributed by atoms with Gasteiger partial charge in [-0.2, -0.15) is 0 Å². The Balaban J connectivity index is 1.83. The van der Waals surface area contributed by atoms with Crippen LogP contribution in [0.25, 0.3) is 11.0 Å². The van der Waals surface area contributed by atoms with Crippen molar-refractivity contribution >= 4 is 22.8 Å². The summed E-state index contributed by atoms with van der Waals surface area (Å²) < 4.78 is 1.93. The molecule has 0 aliphatic carbocycles. The molecule has 1 heterocycles. The van der Waals surface area contributed by atoms with Crippen LogP contribution in [-0.2, 0) is 17.9 Å². The zero-order valence-corrected chi connectivity index (χ0v) is 19.8. The second kappa shape index (κ2) is 10.4. The van der Waals surface area contributed by atoms with E-state index in [0.29, 0.717) is 23.2 Å². The van der Waals surface area contributed by atoms with Crippen LogP contribution in [-0.4, -0.2) is 39.4 Å². The number of hydrogen-bond acceptors (Lipinski definition) is 3. The van der Waals surface area contributed by atoms with Crippen LogP contribution in [0.4, 0.5) is 0 Å².